The van der Waals surface area contributed by atoms with Crippen molar-refractivity contribution in [3.63, 3.8) is 0 Å². The summed E-state index contributed by atoms with van der Waals surface area (Å²) in [6.45, 7) is 1.97. The Morgan fingerprint density at radius 3 is 2.83 bits per heavy atom. The molecule has 0 unspecified atom stereocenters. The Morgan fingerprint density at radius 1 is 1.22 bits per heavy atom. The molecule has 0 atom stereocenters. The maximum absolute atomic E-state index is 11.9. The third-order valence-corrected chi connectivity index (χ3v) is 3.42. The van der Waals surface area contributed by atoms with Crippen molar-refractivity contribution < 1.29 is 4.79 Å². The SMILES string of the molecule is O=C(Cc1ccc2ccccc2n1)CC1CNC1. The van der Waals surface area contributed by atoms with Crippen molar-refractivity contribution in [2.75, 3.05) is 13.1 Å². The van der Waals surface area contributed by atoms with Crippen molar-refractivity contribution >= 4 is 16.7 Å². The fourth-order valence-electron chi connectivity index (χ4n) is 2.30. The van der Waals surface area contributed by atoms with Gasteiger partial charge in [0.05, 0.1) is 5.52 Å². The van der Waals surface area contributed by atoms with E-state index in [0.717, 1.165) is 29.7 Å². The Labute approximate surface area is 106 Å². The summed E-state index contributed by atoms with van der Waals surface area (Å²) in [6.07, 6.45) is 1.14. The molecule has 1 N–H and O–H groups in total. The molecular formula is C15H16N2O. The van der Waals surface area contributed by atoms with Gasteiger partial charge in [-0.15, -0.1) is 0 Å². The minimum atomic E-state index is 0.296. The molecule has 1 aromatic heterocycles. The molecule has 0 spiro atoms. The minimum absolute atomic E-state index is 0.296. The number of pyridine rings is 1. The van der Waals surface area contributed by atoms with Crippen LogP contribution < -0.4 is 5.32 Å². The fourth-order valence-corrected chi connectivity index (χ4v) is 2.30. The first-order valence-electron chi connectivity index (χ1n) is 6.38. The number of ketones is 1. The summed E-state index contributed by atoms with van der Waals surface area (Å²) >= 11 is 0. The molecule has 18 heavy (non-hydrogen) atoms. The van der Waals surface area contributed by atoms with Crippen LogP contribution in [0.15, 0.2) is 36.4 Å². The molecule has 3 heteroatoms. The van der Waals surface area contributed by atoms with Gasteiger partial charge in [0, 0.05) is 23.9 Å². The number of nitrogens with zero attached hydrogens (tertiary/aromatic N) is 1. The lowest BCUT2D eigenvalue weighted by Gasteiger charge is -2.26. The average molecular weight is 240 g/mol. The lowest BCUT2D eigenvalue weighted by molar-refractivity contribution is -0.119. The number of aromatic nitrogens is 1. The van der Waals surface area contributed by atoms with Crippen LogP contribution in [0.3, 0.4) is 0 Å². The lowest BCUT2D eigenvalue weighted by atomic mass is 9.95. The summed E-state index contributed by atoms with van der Waals surface area (Å²) < 4.78 is 0. The molecule has 2 aromatic rings. The molecule has 0 radical (unpaired) electrons. The highest BCUT2D eigenvalue weighted by atomic mass is 16.1. The first kappa shape index (κ1) is 11.4. The van der Waals surface area contributed by atoms with Gasteiger partial charge in [0.15, 0.2) is 0 Å². The molecule has 2 heterocycles. The van der Waals surface area contributed by atoms with Gasteiger partial charge in [-0.25, -0.2) is 0 Å². The summed E-state index contributed by atoms with van der Waals surface area (Å²) in [6, 6.07) is 12.0. The minimum Gasteiger partial charge on any atom is -0.316 e. The maximum Gasteiger partial charge on any atom is 0.139 e. The van der Waals surface area contributed by atoms with Gasteiger partial charge in [0.2, 0.25) is 0 Å². The number of benzene rings is 1. The van der Waals surface area contributed by atoms with E-state index in [4.69, 9.17) is 0 Å². The third-order valence-electron chi connectivity index (χ3n) is 3.42. The highest BCUT2D eigenvalue weighted by Crippen LogP contribution is 2.14. The number of nitrogens with one attached hydrogen (secondary N) is 1. The third kappa shape index (κ3) is 2.41. The Kier molecular flexibility index (Phi) is 3.07. The molecule has 3 rings (SSSR count). The van der Waals surface area contributed by atoms with Crippen molar-refractivity contribution in [3.05, 3.63) is 42.1 Å². The molecular weight excluding hydrogens is 224 g/mol. The quantitative estimate of drug-likeness (QED) is 0.888. The standard InChI is InChI=1S/C15H16N2O/c18-14(7-11-9-16-10-11)8-13-6-5-12-3-1-2-4-15(12)17-13/h1-6,11,16H,7-10H2. The zero-order chi connectivity index (χ0) is 12.4. The average Bonchev–Trinajstić information content (AvgIpc) is 2.34. The van der Waals surface area contributed by atoms with E-state index < -0.39 is 0 Å². The molecule has 3 nitrogen and oxygen atoms in total. The van der Waals surface area contributed by atoms with E-state index >= 15 is 0 Å². The van der Waals surface area contributed by atoms with Crippen molar-refractivity contribution in [2.45, 2.75) is 12.8 Å². The second kappa shape index (κ2) is 4.86. The summed E-state index contributed by atoms with van der Waals surface area (Å²) in [5.41, 5.74) is 1.85. The Balaban J connectivity index is 1.71. The molecule has 0 amide bonds. The fraction of sp³-hybridized carbons (Fsp3) is 0.333. The molecule has 0 saturated carbocycles. The van der Waals surface area contributed by atoms with Crippen LogP contribution in [0.4, 0.5) is 0 Å². The van der Waals surface area contributed by atoms with Crippen molar-refractivity contribution in [3.8, 4) is 0 Å². The van der Waals surface area contributed by atoms with Crippen LogP contribution in [0.1, 0.15) is 12.1 Å². The number of para-hydroxylation sites is 1. The normalized spacial score (nSPS) is 15.6. The predicted molar refractivity (Wildman–Crippen MR) is 71.4 cm³/mol. The highest BCUT2D eigenvalue weighted by Gasteiger charge is 2.20. The van der Waals surface area contributed by atoms with Gasteiger partial charge in [-0.05, 0) is 31.1 Å². The van der Waals surface area contributed by atoms with Gasteiger partial charge in [-0.3, -0.25) is 9.78 Å². The molecule has 0 aliphatic carbocycles. The van der Waals surface area contributed by atoms with E-state index in [0.29, 0.717) is 24.5 Å². The van der Waals surface area contributed by atoms with Gasteiger partial charge in [0.25, 0.3) is 0 Å². The van der Waals surface area contributed by atoms with Crippen molar-refractivity contribution in [2.24, 2.45) is 5.92 Å². The van der Waals surface area contributed by atoms with Crippen LogP contribution in [0.5, 0.6) is 0 Å². The van der Waals surface area contributed by atoms with Crippen LogP contribution in [0.2, 0.25) is 0 Å². The lowest BCUT2D eigenvalue weighted by Crippen LogP contribution is -2.43. The van der Waals surface area contributed by atoms with Crippen LogP contribution in [-0.4, -0.2) is 23.9 Å². The zero-order valence-electron chi connectivity index (χ0n) is 10.2. The second-order valence-corrected chi connectivity index (χ2v) is 4.94. The molecule has 92 valence electrons. The van der Waals surface area contributed by atoms with Gasteiger partial charge in [-0.2, -0.15) is 0 Å². The monoisotopic (exact) mass is 240 g/mol. The van der Waals surface area contributed by atoms with E-state index in [1.54, 1.807) is 0 Å². The number of hydrogen-bond donors (Lipinski definition) is 1. The largest absolute Gasteiger partial charge is 0.316 e. The molecule has 1 aliphatic heterocycles. The summed E-state index contributed by atoms with van der Waals surface area (Å²) in [4.78, 5) is 16.4. The number of Topliss-reactive ketones (excluding diaryl/α,β-unsaturated/α-hetero) is 1. The number of hydrogen-bond acceptors (Lipinski definition) is 3. The molecule has 1 aromatic carbocycles. The number of carbonyl (C=O) groups is 1. The van der Waals surface area contributed by atoms with Gasteiger partial charge < -0.3 is 5.32 Å². The van der Waals surface area contributed by atoms with E-state index in [1.807, 2.05) is 36.4 Å². The van der Waals surface area contributed by atoms with Gasteiger partial charge in [-0.1, -0.05) is 24.3 Å². The van der Waals surface area contributed by atoms with Gasteiger partial charge in [0.1, 0.15) is 5.78 Å². The van der Waals surface area contributed by atoms with Crippen molar-refractivity contribution in [1.29, 1.82) is 0 Å². The maximum atomic E-state index is 11.9. The van der Waals surface area contributed by atoms with E-state index in [1.165, 1.54) is 0 Å². The van der Waals surface area contributed by atoms with Crippen LogP contribution >= 0.6 is 0 Å². The topological polar surface area (TPSA) is 42.0 Å². The first-order valence-corrected chi connectivity index (χ1v) is 6.38. The number of carbonyl (C=O) groups excluding carboxylic acids is 1. The molecule has 1 aliphatic rings. The summed E-state index contributed by atoms with van der Waals surface area (Å²) in [7, 11) is 0. The first-order chi connectivity index (χ1) is 8.81. The Bertz CT molecular complexity index is 575. The Morgan fingerprint density at radius 2 is 2.06 bits per heavy atom. The van der Waals surface area contributed by atoms with Gasteiger partial charge >= 0.3 is 0 Å². The molecule has 1 saturated heterocycles. The molecule has 0 bridgehead atoms. The van der Waals surface area contributed by atoms with Crippen LogP contribution in [0.25, 0.3) is 10.9 Å². The number of fused-ring (bicyclic) bond motifs is 1. The van der Waals surface area contributed by atoms with E-state index in [2.05, 4.69) is 10.3 Å². The summed E-state index contributed by atoms with van der Waals surface area (Å²) in [5, 5.41) is 4.31. The van der Waals surface area contributed by atoms with Crippen LogP contribution in [-0.2, 0) is 11.2 Å². The smallest absolute Gasteiger partial charge is 0.139 e. The van der Waals surface area contributed by atoms with E-state index in [9.17, 15) is 4.79 Å². The summed E-state index contributed by atoms with van der Waals surface area (Å²) in [5.74, 6) is 0.835. The second-order valence-electron chi connectivity index (χ2n) is 4.94. The zero-order valence-corrected chi connectivity index (χ0v) is 10.2. The van der Waals surface area contributed by atoms with E-state index in [-0.39, 0.29) is 0 Å². The van der Waals surface area contributed by atoms with Crippen molar-refractivity contribution in [1.82, 2.24) is 10.3 Å². The Hall–Kier alpha value is -1.74. The molecule has 1 fully saturated rings. The number of rotatable bonds is 4. The predicted octanol–water partition coefficient (Wildman–Crippen LogP) is 1.96. The highest BCUT2D eigenvalue weighted by molar-refractivity contribution is 5.83. The van der Waals surface area contributed by atoms with Crippen LogP contribution in [0, 0.1) is 5.92 Å².